The van der Waals surface area contributed by atoms with Gasteiger partial charge in [0.15, 0.2) is 0 Å². The molecule has 1 atom stereocenters. The van der Waals surface area contributed by atoms with Gasteiger partial charge in [-0.05, 0) is 36.5 Å². The number of aromatic nitrogens is 2. The maximum absolute atomic E-state index is 12.7. The number of hydrogen-bond donors (Lipinski definition) is 1. The summed E-state index contributed by atoms with van der Waals surface area (Å²) >= 11 is 1.36. The number of nitrogens with zero attached hydrogens (tertiary/aromatic N) is 3. The van der Waals surface area contributed by atoms with Crippen LogP contribution in [0.2, 0.25) is 0 Å². The molecule has 0 aliphatic carbocycles. The van der Waals surface area contributed by atoms with Crippen LogP contribution in [0.15, 0.2) is 54.6 Å². The average molecular weight is 435 g/mol. The standard InChI is InChI=1S/C24H26N4O2S/c1-2-18-12-6-7-13-20(18)28-16-19(15-22(28)30)23-26-27-24(31-23)25-21(29)14-8-11-17-9-4-3-5-10-17/h3-7,9-10,12-13,19H,2,8,11,14-16H2,1H3,(H,25,27,29)/t19-/m1/s1. The molecule has 0 saturated carbocycles. The number of rotatable bonds is 8. The minimum absolute atomic E-state index is 0.00125. The Hall–Kier alpha value is -3.06. The Kier molecular flexibility index (Phi) is 6.72. The molecule has 0 radical (unpaired) electrons. The second-order valence-electron chi connectivity index (χ2n) is 7.72. The lowest BCUT2D eigenvalue weighted by Crippen LogP contribution is -2.25. The molecule has 2 heterocycles. The third-order valence-corrected chi connectivity index (χ3v) is 6.54. The average Bonchev–Trinajstić information content (AvgIpc) is 3.41. The first-order valence-corrected chi connectivity index (χ1v) is 11.5. The predicted molar refractivity (Wildman–Crippen MR) is 123 cm³/mol. The van der Waals surface area contributed by atoms with Crippen molar-refractivity contribution in [2.75, 3.05) is 16.8 Å². The van der Waals surface area contributed by atoms with Crippen LogP contribution in [0.25, 0.3) is 0 Å². The minimum atomic E-state index is -0.0559. The number of carbonyl (C=O) groups is 2. The summed E-state index contributed by atoms with van der Waals surface area (Å²) in [4.78, 5) is 26.8. The van der Waals surface area contributed by atoms with Crippen LogP contribution in [0.5, 0.6) is 0 Å². The molecule has 1 aliphatic rings. The summed E-state index contributed by atoms with van der Waals surface area (Å²) < 4.78 is 0. The van der Waals surface area contributed by atoms with Gasteiger partial charge in [-0.15, -0.1) is 10.2 Å². The highest BCUT2D eigenvalue weighted by Crippen LogP contribution is 2.35. The van der Waals surface area contributed by atoms with Gasteiger partial charge in [0.25, 0.3) is 0 Å². The smallest absolute Gasteiger partial charge is 0.227 e. The molecule has 2 aromatic carbocycles. The van der Waals surface area contributed by atoms with Gasteiger partial charge in [0.1, 0.15) is 5.01 Å². The Balaban J connectivity index is 1.32. The number of carbonyl (C=O) groups excluding carboxylic acids is 2. The summed E-state index contributed by atoms with van der Waals surface area (Å²) in [7, 11) is 0. The summed E-state index contributed by atoms with van der Waals surface area (Å²) in [6.07, 6.45) is 3.38. The Morgan fingerprint density at radius 2 is 1.90 bits per heavy atom. The van der Waals surface area contributed by atoms with Crippen molar-refractivity contribution in [1.29, 1.82) is 0 Å². The van der Waals surface area contributed by atoms with E-state index in [1.807, 2.05) is 41.3 Å². The van der Waals surface area contributed by atoms with Gasteiger partial charge in [-0.1, -0.05) is 66.8 Å². The Morgan fingerprint density at radius 3 is 2.71 bits per heavy atom. The van der Waals surface area contributed by atoms with Crippen molar-refractivity contribution in [3.05, 3.63) is 70.7 Å². The molecule has 1 aliphatic heterocycles. The van der Waals surface area contributed by atoms with E-state index in [0.29, 0.717) is 24.5 Å². The van der Waals surface area contributed by atoms with E-state index in [4.69, 9.17) is 0 Å². The number of hydrogen-bond acceptors (Lipinski definition) is 5. The van der Waals surface area contributed by atoms with Gasteiger partial charge >= 0.3 is 0 Å². The molecule has 31 heavy (non-hydrogen) atoms. The monoisotopic (exact) mass is 434 g/mol. The fourth-order valence-corrected chi connectivity index (χ4v) is 4.76. The van der Waals surface area contributed by atoms with E-state index in [9.17, 15) is 9.59 Å². The molecule has 1 N–H and O–H groups in total. The second kappa shape index (κ2) is 9.83. The molecule has 4 rings (SSSR count). The molecule has 1 aromatic heterocycles. The number of anilines is 2. The van der Waals surface area contributed by atoms with Crippen molar-refractivity contribution in [2.24, 2.45) is 0 Å². The van der Waals surface area contributed by atoms with Crippen LogP contribution in [0.4, 0.5) is 10.8 Å². The number of para-hydroxylation sites is 1. The zero-order valence-corrected chi connectivity index (χ0v) is 18.4. The SMILES string of the molecule is CCc1ccccc1N1C[C@H](c2nnc(NC(=O)CCCc3ccccc3)s2)CC1=O. The van der Waals surface area contributed by atoms with Crippen molar-refractivity contribution in [1.82, 2.24) is 10.2 Å². The van der Waals surface area contributed by atoms with E-state index < -0.39 is 0 Å². The van der Waals surface area contributed by atoms with E-state index >= 15 is 0 Å². The molecule has 0 bridgehead atoms. The Bertz CT molecular complexity index is 1050. The maximum atomic E-state index is 12.7. The Morgan fingerprint density at radius 1 is 1.13 bits per heavy atom. The van der Waals surface area contributed by atoms with Gasteiger partial charge in [-0.2, -0.15) is 0 Å². The van der Waals surface area contributed by atoms with Crippen molar-refractivity contribution in [3.63, 3.8) is 0 Å². The van der Waals surface area contributed by atoms with Gasteiger partial charge in [-0.25, -0.2) is 0 Å². The van der Waals surface area contributed by atoms with Crippen LogP contribution < -0.4 is 10.2 Å². The lowest BCUT2D eigenvalue weighted by molar-refractivity contribution is -0.117. The Labute approximate surface area is 186 Å². The molecule has 6 nitrogen and oxygen atoms in total. The number of benzene rings is 2. The highest BCUT2D eigenvalue weighted by Gasteiger charge is 2.34. The minimum Gasteiger partial charge on any atom is -0.311 e. The third-order valence-electron chi connectivity index (χ3n) is 5.54. The predicted octanol–water partition coefficient (Wildman–Crippen LogP) is 4.58. The van der Waals surface area contributed by atoms with E-state index in [0.717, 1.165) is 35.5 Å². The third kappa shape index (κ3) is 5.17. The molecular formula is C24H26N4O2S. The summed E-state index contributed by atoms with van der Waals surface area (Å²) in [5.41, 5.74) is 3.37. The molecule has 160 valence electrons. The molecule has 1 saturated heterocycles. The van der Waals surface area contributed by atoms with E-state index in [-0.39, 0.29) is 17.7 Å². The first kappa shape index (κ1) is 21.2. The van der Waals surface area contributed by atoms with E-state index in [1.54, 1.807) is 0 Å². The summed E-state index contributed by atoms with van der Waals surface area (Å²) in [5.74, 6) is 0.0471. The van der Waals surface area contributed by atoms with Crippen molar-refractivity contribution in [3.8, 4) is 0 Å². The summed E-state index contributed by atoms with van der Waals surface area (Å²) in [6, 6.07) is 18.2. The van der Waals surface area contributed by atoms with E-state index in [1.165, 1.54) is 16.9 Å². The zero-order chi connectivity index (χ0) is 21.6. The molecule has 3 aromatic rings. The van der Waals surface area contributed by atoms with E-state index in [2.05, 4.69) is 40.6 Å². The second-order valence-corrected chi connectivity index (χ2v) is 8.73. The quantitative estimate of drug-likeness (QED) is 0.563. The van der Waals surface area contributed by atoms with Crippen LogP contribution in [0.3, 0.4) is 0 Å². The van der Waals surface area contributed by atoms with Gasteiger partial charge in [0.2, 0.25) is 16.9 Å². The summed E-state index contributed by atoms with van der Waals surface area (Å²) in [5, 5.41) is 12.5. The number of nitrogens with one attached hydrogen (secondary N) is 1. The van der Waals surface area contributed by atoms with Gasteiger partial charge in [0.05, 0.1) is 0 Å². The van der Waals surface area contributed by atoms with Crippen LogP contribution >= 0.6 is 11.3 Å². The molecule has 1 fully saturated rings. The first-order chi connectivity index (χ1) is 15.1. The fourth-order valence-electron chi connectivity index (χ4n) is 3.91. The van der Waals surface area contributed by atoms with Crippen LogP contribution in [0, 0.1) is 0 Å². The number of amides is 2. The molecule has 0 unspecified atom stereocenters. The van der Waals surface area contributed by atoms with Crippen molar-refractivity contribution in [2.45, 2.75) is 44.9 Å². The lowest BCUT2D eigenvalue weighted by Gasteiger charge is -2.19. The highest BCUT2D eigenvalue weighted by atomic mass is 32.1. The van der Waals surface area contributed by atoms with Gasteiger partial charge in [-0.3, -0.25) is 9.59 Å². The van der Waals surface area contributed by atoms with Crippen LogP contribution in [0.1, 0.15) is 48.2 Å². The van der Waals surface area contributed by atoms with Crippen LogP contribution in [-0.4, -0.2) is 28.6 Å². The molecule has 2 amide bonds. The number of aryl methyl sites for hydroxylation is 2. The lowest BCUT2D eigenvalue weighted by atomic mass is 10.1. The highest BCUT2D eigenvalue weighted by molar-refractivity contribution is 7.15. The van der Waals surface area contributed by atoms with Crippen LogP contribution in [-0.2, 0) is 22.4 Å². The summed E-state index contributed by atoms with van der Waals surface area (Å²) in [6.45, 7) is 2.69. The maximum Gasteiger partial charge on any atom is 0.227 e. The van der Waals surface area contributed by atoms with Gasteiger partial charge in [0, 0.05) is 31.0 Å². The topological polar surface area (TPSA) is 75.2 Å². The molecule has 0 spiro atoms. The van der Waals surface area contributed by atoms with Crippen molar-refractivity contribution >= 4 is 34.0 Å². The van der Waals surface area contributed by atoms with Crippen molar-refractivity contribution < 1.29 is 9.59 Å². The molecule has 7 heteroatoms. The fraction of sp³-hybridized carbons (Fsp3) is 0.333. The largest absolute Gasteiger partial charge is 0.311 e. The molecular weight excluding hydrogens is 408 g/mol. The first-order valence-electron chi connectivity index (χ1n) is 10.7. The normalized spacial score (nSPS) is 16.0. The van der Waals surface area contributed by atoms with Gasteiger partial charge < -0.3 is 10.2 Å². The zero-order valence-electron chi connectivity index (χ0n) is 17.6.